The summed E-state index contributed by atoms with van der Waals surface area (Å²) < 4.78 is 5.18. The number of hydrogen-bond acceptors (Lipinski definition) is 4. The van der Waals surface area contributed by atoms with Crippen molar-refractivity contribution in [3.05, 3.63) is 35.4 Å². The van der Waals surface area contributed by atoms with E-state index in [0.717, 1.165) is 57.0 Å². The van der Waals surface area contributed by atoms with Gasteiger partial charge in [0.15, 0.2) is 0 Å². The number of hydrogen-bond donors (Lipinski definition) is 0. The third-order valence-electron chi connectivity index (χ3n) is 6.09. The van der Waals surface area contributed by atoms with E-state index >= 15 is 0 Å². The molecule has 0 bridgehead atoms. The number of carbonyl (C=O) groups is 3. The van der Waals surface area contributed by atoms with Crippen LogP contribution in [-0.2, 0) is 19.1 Å². The number of esters is 1. The summed E-state index contributed by atoms with van der Waals surface area (Å²) in [6.45, 7) is 6.30. The molecule has 32 heavy (non-hydrogen) atoms. The van der Waals surface area contributed by atoms with Crippen LogP contribution in [0.15, 0.2) is 29.8 Å². The molecule has 0 aliphatic carbocycles. The molecule has 0 saturated heterocycles. The van der Waals surface area contributed by atoms with Gasteiger partial charge in [-0.3, -0.25) is 9.59 Å². The van der Waals surface area contributed by atoms with Crippen molar-refractivity contribution in [1.29, 1.82) is 0 Å². The minimum atomic E-state index is -1.64. The van der Waals surface area contributed by atoms with Gasteiger partial charge in [-0.15, -0.1) is 6.89 Å². The van der Waals surface area contributed by atoms with Gasteiger partial charge in [0.1, 0.15) is 0 Å². The van der Waals surface area contributed by atoms with Crippen LogP contribution in [0.3, 0.4) is 0 Å². The van der Waals surface area contributed by atoms with Gasteiger partial charge < -0.3 is 4.74 Å². The summed E-state index contributed by atoms with van der Waals surface area (Å²) in [6.07, 6.45) is 9.81. The maximum Gasteiger partial charge on any atom is 0.338 e. The molecule has 6 heteroatoms. The van der Waals surface area contributed by atoms with Crippen LogP contribution >= 0.6 is 6.89 Å². The van der Waals surface area contributed by atoms with E-state index in [9.17, 15) is 14.4 Å². The Morgan fingerprint density at radius 3 is 1.97 bits per heavy atom. The molecule has 0 aromatic heterocycles. The zero-order chi connectivity index (χ0) is 23.7. The summed E-state index contributed by atoms with van der Waals surface area (Å²) in [5, 5.41) is 0. The van der Waals surface area contributed by atoms with Crippen LogP contribution in [0.4, 0.5) is 5.69 Å². The van der Waals surface area contributed by atoms with Crippen molar-refractivity contribution in [3.63, 3.8) is 0 Å². The molecule has 0 saturated carbocycles. The highest BCUT2D eigenvalue weighted by Gasteiger charge is 2.38. The zero-order valence-corrected chi connectivity index (χ0v) is 21.2. The Morgan fingerprint density at radius 1 is 0.969 bits per heavy atom. The molecule has 0 fully saturated rings. The summed E-state index contributed by atoms with van der Waals surface area (Å²) in [5.41, 5.74) is 1.81. The third kappa shape index (κ3) is 5.81. The number of unbranched alkanes of at least 4 members (excludes halogenated alkanes) is 3. The molecular weight excluding hydrogens is 421 g/mol. The van der Waals surface area contributed by atoms with Gasteiger partial charge >= 0.3 is 5.97 Å². The molecular formula is C26H38NO4P. The lowest BCUT2D eigenvalue weighted by Gasteiger charge is -2.27. The molecule has 0 radical (unpaired) electrons. The van der Waals surface area contributed by atoms with Crippen LogP contribution in [-0.4, -0.2) is 49.2 Å². The topological polar surface area (TPSA) is 63.7 Å². The van der Waals surface area contributed by atoms with E-state index in [4.69, 9.17) is 4.74 Å². The van der Waals surface area contributed by atoms with E-state index in [0.29, 0.717) is 22.4 Å². The fourth-order valence-electron chi connectivity index (χ4n) is 4.34. The molecule has 2 rings (SSSR count). The molecule has 1 aliphatic heterocycles. The number of benzene rings is 1. The number of ether oxygens (including phenoxy) is 1. The second-order valence-corrected chi connectivity index (χ2v) is 12.6. The van der Waals surface area contributed by atoms with Crippen LogP contribution < -0.4 is 4.90 Å². The Balaban J connectivity index is 2.83. The van der Waals surface area contributed by atoms with Crippen molar-refractivity contribution in [2.75, 3.05) is 30.5 Å². The van der Waals surface area contributed by atoms with Gasteiger partial charge in [0.25, 0.3) is 5.91 Å². The Hall–Kier alpha value is -2.13. The number of fused-ring (bicyclic) bond motifs is 1. The summed E-state index contributed by atoms with van der Waals surface area (Å²) in [6, 6.07) is 7.20. The lowest BCUT2D eigenvalue weighted by Crippen LogP contribution is -2.31. The number of imide groups is 1. The summed E-state index contributed by atoms with van der Waals surface area (Å²) in [5.74, 6) is 0.844. The molecule has 1 heterocycles. The van der Waals surface area contributed by atoms with Gasteiger partial charge in [0.2, 0.25) is 5.91 Å². The fraction of sp³-hybridized carbons (Fsp3) is 0.538. The first-order chi connectivity index (χ1) is 15.4. The van der Waals surface area contributed by atoms with Gasteiger partial charge in [0.05, 0.1) is 23.9 Å². The lowest BCUT2D eigenvalue weighted by atomic mass is 10.0. The first-order valence-corrected chi connectivity index (χ1v) is 14.3. The number of para-hydroxylation sites is 1. The average Bonchev–Trinajstić information content (AvgIpc) is 3.09. The van der Waals surface area contributed by atoms with E-state index < -0.39 is 18.8 Å². The minimum Gasteiger partial charge on any atom is -0.465 e. The Bertz CT molecular complexity index is 903. The monoisotopic (exact) mass is 459 g/mol. The lowest BCUT2D eigenvalue weighted by molar-refractivity contribution is -0.135. The molecule has 0 unspecified atom stereocenters. The predicted octanol–water partition coefficient (Wildman–Crippen LogP) is 5.73. The number of methoxy groups -OCH3 is 1. The van der Waals surface area contributed by atoms with E-state index in [1.165, 1.54) is 18.9 Å². The fourth-order valence-corrected chi connectivity index (χ4v) is 9.02. The first-order valence-electron chi connectivity index (χ1n) is 11.8. The smallest absolute Gasteiger partial charge is 0.338 e. The number of rotatable bonds is 11. The van der Waals surface area contributed by atoms with Crippen molar-refractivity contribution >= 4 is 41.7 Å². The summed E-state index contributed by atoms with van der Waals surface area (Å²) >= 11 is 0. The molecule has 1 aromatic rings. The first kappa shape index (κ1) is 26.1. The quantitative estimate of drug-likeness (QED) is 0.241. The van der Waals surface area contributed by atoms with Gasteiger partial charge in [0, 0.05) is 12.5 Å². The average molecular weight is 460 g/mol. The van der Waals surface area contributed by atoms with E-state index in [1.807, 2.05) is 12.1 Å². The summed E-state index contributed by atoms with van der Waals surface area (Å²) in [4.78, 5) is 40.0. The Labute approximate surface area is 193 Å². The second kappa shape index (κ2) is 12.2. The molecule has 5 nitrogen and oxygen atoms in total. The van der Waals surface area contributed by atoms with Gasteiger partial charge in [-0.2, -0.15) is 0 Å². The van der Waals surface area contributed by atoms with E-state index in [2.05, 4.69) is 26.6 Å². The van der Waals surface area contributed by atoms with Crippen LogP contribution in [0.1, 0.15) is 71.8 Å². The van der Waals surface area contributed by atoms with E-state index in [-0.39, 0.29) is 5.91 Å². The number of nitrogens with zero attached hydrogens (tertiary/aromatic N) is 1. The van der Waals surface area contributed by atoms with Crippen LogP contribution in [0.25, 0.3) is 5.57 Å². The highest BCUT2D eigenvalue weighted by atomic mass is 31.2. The number of amides is 2. The number of anilines is 1. The molecule has 0 spiro atoms. The Morgan fingerprint density at radius 2 is 1.50 bits per heavy atom. The van der Waals surface area contributed by atoms with Crippen LogP contribution in [0.5, 0.6) is 0 Å². The summed E-state index contributed by atoms with van der Waals surface area (Å²) in [7, 11) is 1.36. The van der Waals surface area contributed by atoms with Crippen molar-refractivity contribution in [3.8, 4) is 0 Å². The molecule has 0 atom stereocenters. The van der Waals surface area contributed by atoms with Gasteiger partial charge in [-0.1, -0.05) is 58.2 Å². The molecule has 0 N–H and O–H groups in total. The van der Waals surface area contributed by atoms with Crippen molar-refractivity contribution in [1.82, 2.24) is 0 Å². The molecule has 1 aliphatic rings. The predicted molar refractivity (Wildman–Crippen MR) is 136 cm³/mol. The van der Waals surface area contributed by atoms with Crippen LogP contribution in [0.2, 0.25) is 0 Å². The van der Waals surface area contributed by atoms with Gasteiger partial charge in [-0.25, -0.2) is 9.69 Å². The highest BCUT2D eigenvalue weighted by Crippen LogP contribution is 2.51. The Kier molecular flexibility index (Phi) is 9.96. The number of carbonyl (C=O) groups excluding carboxylic acids is 3. The maximum absolute atomic E-state index is 13.4. The van der Waals surface area contributed by atoms with E-state index in [1.54, 1.807) is 12.1 Å². The van der Waals surface area contributed by atoms with Crippen LogP contribution in [0, 0.1) is 0 Å². The van der Waals surface area contributed by atoms with Crippen molar-refractivity contribution in [2.24, 2.45) is 0 Å². The highest BCUT2D eigenvalue weighted by molar-refractivity contribution is 7.75. The van der Waals surface area contributed by atoms with Gasteiger partial charge in [-0.05, 0) is 49.6 Å². The minimum absolute atomic E-state index is 0.302. The van der Waals surface area contributed by atoms with Crippen molar-refractivity contribution < 1.29 is 19.1 Å². The largest absolute Gasteiger partial charge is 0.465 e. The van der Waals surface area contributed by atoms with Crippen molar-refractivity contribution in [2.45, 2.75) is 66.2 Å². The SMILES string of the molecule is CCCCP(=C/C(C(=O)OC)=C1/C(=O)N(C(C)=O)c2ccccc21)(CCCC)CCCC. The molecule has 1 aromatic carbocycles. The second-order valence-electron chi connectivity index (χ2n) is 8.54. The standard InChI is InChI=1S/C26H38NO4P/c1-6-9-16-32(17-10-7-2,18-11-8-3)19-22(26(30)31-5)24-21-14-12-13-15-23(21)27(20(4)28)25(24)29/h12-15,19H,6-11,16-18H2,1-5H3/b24-22-. The maximum atomic E-state index is 13.4. The normalized spacial score (nSPS) is 14.9. The zero-order valence-electron chi connectivity index (χ0n) is 20.3. The third-order valence-corrected chi connectivity index (χ3v) is 10.5. The molecule has 2 amide bonds. The molecule has 176 valence electrons.